The van der Waals surface area contributed by atoms with Crippen LogP contribution < -0.4 is 4.74 Å². The first kappa shape index (κ1) is 22.9. The lowest BCUT2D eigenvalue weighted by Crippen LogP contribution is -2.35. The molecule has 4 rings (SSSR count). The molecule has 2 heterocycles. The molecule has 2 aliphatic heterocycles. The first-order chi connectivity index (χ1) is 15.4. The molecular weight excluding hydrogens is 516 g/mol. The summed E-state index contributed by atoms with van der Waals surface area (Å²) in [5, 5.41) is 10.8. The number of non-ortho nitro benzene ring substituents is 1. The molecule has 2 aromatic rings. The van der Waals surface area contributed by atoms with E-state index >= 15 is 0 Å². The van der Waals surface area contributed by atoms with Crippen molar-refractivity contribution in [3.05, 3.63) is 73.1 Å². The molecule has 0 aromatic heterocycles. The second-order valence-corrected chi connectivity index (χ2v) is 9.86. The first-order valence-corrected chi connectivity index (χ1v) is 11.9. The van der Waals surface area contributed by atoms with Crippen molar-refractivity contribution in [1.29, 1.82) is 0 Å². The topological polar surface area (TPSA) is 81.9 Å². The summed E-state index contributed by atoms with van der Waals surface area (Å²) in [6.07, 6.45) is 3.84. The smallest absolute Gasteiger partial charge is 0.269 e. The Balaban J connectivity index is 1.40. The molecule has 0 spiro atoms. The second kappa shape index (κ2) is 10.1. The SMILES string of the molecule is O=C1/C(=C/c2ccc(OCc3ccc([N+](=O)[O-])cc3)c(Br)c2)SC(=S)N1C[C@H]1CCCO1. The molecule has 2 saturated heterocycles. The normalized spacial score (nSPS) is 19.7. The molecule has 10 heteroatoms. The van der Waals surface area contributed by atoms with Gasteiger partial charge in [0.25, 0.3) is 11.6 Å². The molecule has 1 atom stereocenters. The predicted octanol–water partition coefficient (Wildman–Crippen LogP) is 5.32. The number of hydrogen-bond donors (Lipinski definition) is 0. The van der Waals surface area contributed by atoms with E-state index < -0.39 is 4.92 Å². The van der Waals surface area contributed by atoms with E-state index in [0.29, 0.717) is 21.5 Å². The number of thiocarbonyl (C=S) groups is 1. The third-order valence-corrected chi connectivity index (χ3v) is 7.08. The molecular formula is C22H19BrN2O5S2. The Hall–Kier alpha value is -2.27. The Bertz CT molecular complexity index is 1080. The molecule has 0 bridgehead atoms. The number of thioether (sulfide) groups is 1. The van der Waals surface area contributed by atoms with Crippen molar-refractivity contribution in [1.82, 2.24) is 4.90 Å². The van der Waals surface area contributed by atoms with Crippen molar-refractivity contribution in [2.24, 2.45) is 0 Å². The highest BCUT2D eigenvalue weighted by molar-refractivity contribution is 9.10. The van der Waals surface area contributed by atoms with Crippen molar-refractivity contribution >= 4 is 61.9 Å². The largest absolute Gasteiger partial charge is 0.488 e. The van der Waals surface area contributed by atoms with Gasteiger partial charge < -0.3 is 9.47 Å². The number of halogens is 1. The highest BCUT2D eigenvalue weighted by Crippen LogP contribution is 2.35. The van der Waals surface area contributed by atoms with Gasteiger partial charge in [-0.05, 0) is 70.2 Å². The number of nitro benzene ring substituents is 1. The van der Waals surface area contributed by atoms with Gasteiger partial charge in [0.2, 0.25) is 0 Å². The van der Waals surface area contributed by atoms with Crippen LogP contribution in [-0.2, 0) is 16.1 Å². The standard InChI is InChI=1S/C22H19BrN2O5S2/c23-18-10-15(5-8-19(18)30-13-14-3-6-16(7-4-14)25(27)28)11-20-21(26)24(22(31)32-20)12-17-2-1-9-29-17/h3-8,10-11,17H,1-2,9,12-13H2/b20-11-/t17-/m1/s1. The summed E-state index contributed by atoms with van der Waals surface area (Å²) < 4.78 is 12.8. The average molecular weight is 535 g/mol. The maximum Gasteiger partial charge on any atom is 0.269 e. The van der Waals surface area contributed by atoms with Crippen molar-refractivity contribution in [3.63, 3.8) is 0 Å². The molecule has 0 unspecified atom stereocenters. The number of carbonyl (C=O) groups is 1. The zero-order valence-corrected chi connectivity index (χ0v) is 20.1. The third kappa shape index (κ3) is 5.37. The molecule has 2 aromatic carbocycles. The van der Waals surface area contributed by atoms with Crippen LogP contribution in [0.2, 0.25) is 0 Å². The zero-order valence-electron chi connectivity index (χ0n) is 16.9. The van der Waals surface area contributed by atoms with Crippen molar-refractivity contribution < 1.29 is 19.2 Å². The van der Waals surface area contributed by atoms with Gasteiger partial charge in [0, 0.05) is 18.7 Å². The van der Waals surface area contributed by atoms with E-state index in [0.717, 1.165) is 35.0 Å². The van der Waals surface area contributed by atoms with Crippen molar-refractivity contribution in [3.8, 4) is 5.75 Å². The van der Waals surface area contributed by atoms with Gasteiger partial charge in [-0.25, -0.2) is 0 Å². The van der Waals surface area contributed by atoms with Crippen LogP contribution in [0.1, 0.15) is 24.0 Å². The van der Waals surface area contributed by atoms with E-state index in [4.69, 9.17) is 21.7 Å². The summed E-state index contributed by atoms with van der Waals surface area (Å²) in [4.78, 5) is 25.3. The lowest BCUT2D eigenvalue weighted by atomic mass is 10.2. The third-order valence-electron chi connectivity index (χ3n) is 5.08. The van der Waals surface area contributed by atoms with E-state index in [-0.39, 0.29) is 24.3 Å². The fraction of sp³-hybridized carbons (Fsp3) is 0.273. The Kier molecular flexibility index (Phi) is 7.24. The fourth-order valence-electron chi connectivity index (χ4n) is 3.40. The molecule has 0 aliphatic carbocycles. The van der Waals surface area contributed by atoms with Crippen LogP contribution in [0.25, 0.3) is 6.08 Å². The number of nitro groups is 1. The number of carbonyl (C=O) groups excluding carboxylic acids is 1. The number of nitrogens with zero attached hydrogens (tertiary/aromatic N) is 2. The Morgan fingerprint density at radius 3 is 2.75 bits per heavy atom. The van der Waals surface area contributed by atoms with Crippen molar-refractivity contribution in [2.75, 3.05) is 13.2 Å². The van der Waals surface area contributed by atoms with Crippen molar-refractivity contribution in [2.45, 2.75) is 25.6 Å². The van der Waals surface area contributed by atoms with Crippen LogP contribution in [0.3, 0.4) is 0 Å². The molecule has 0 saturated carbocycles. The number of ether oxygens (including phenoxy) is 2. The van der Waals surface area contributed by atoms with Crippen LogP contribution in [0.4, 0.5) is 5.69 Å². The zero-order chi connectivity index (χ0) is 22.7. The van der Waals surface area contributed by atoms with E-state index in [1.807, 2.05) is 24.3 Å². The molecule has 2 aliphatic rings. The molecule has 32 heavy (non-hydrogen) atoms. The summed E-state index contributed by atoms with van der Waals surface area (Å²) in [6.45, 7) is 1.51. The maximum atomic E-state index is 12.8. The van der Waals surface area contributed by atoms with Gasteiger partial charge in [0.05, 0.1) is 26.9 Å². The summed E-state index contributed by atoms with van der Waals surface area (Å²) in [7, 11) is 0. The minimum absolute atomic E-state index is 0.0421. The quantitative estimate of drug-likeness (QED) is 0.206. The van der Waals surface area contributed by atoms with E-state index in [1.165, 1.54) is 23.9 Å². The predicted molar refractivity (Wildman–Crippen MR) is 130 cm³/mol. The molecule has 0 N–H and O–H groups in total. The average Bonchev–Trinajstić information content (AvgIpc) is 3.38. The second-order valence-electron chi connectivity index (χ2n) is 7.33. The van der Waals surface area contributed by atoms with Crippen LogP contribution in [-0.4, -0.2) is 39.3 Å². The highest BCUT2D eigenvalue weighted by atomic mass is 79.9. The van der Waals surface area contributed by atoms with E-state index in [1.54, 1.807) is 17.0 Å². The fourth-order valence-corrected chi connectivity index (χ4v) is 5.19. The minimum Gasteiger partial charge on any atom is -0.488 e. The van der Waals surface area contributed by atoms with Gasteiger partial charge in [0.15, 0.2) is 0 Å². The maximum absolute atomic E-state index is 12.8. The van der Waals surface area contributed by atoms with E-state index in [9.17, 15) is 14.9 Å². The molecule has 7 nitrogen and oxygen atoms in total. The van der Waals surface area contributed by atoms with E-state index in [2.05, 4.69) is 15.9 Å². The number of rotatable bonds is 7. The highest BCUT2D eigenvalue weighted by Gasteiger charge is 2.34. The van der Waals surface area contributed by atoms with Gasteiger partial charge in [-0.15, -0.1) is 0 Å². The van der Waals surface area contributed by atoms with Crippen LogP contribution in [0, 0.1) is 10.1 Å². The number of amides is 1. The van der Waals surface area contributed by atoms with Gasteiger partial charge >= 0.3 is 0 Å². The summed E-state index contributed by atoms with van der Waals surface area (Å²) in [6, 6.07) is 11.8. The van der Waals surface area contributed by atoms with Crippen LogP contribution >= 0.6 is 39.9 Å². The Labute approximate surface area is 203 Å². The lowest BCUT2D eigenvalue weighted by Gasteiger charge is -2.18. The van der Waals surface area contributed by atoms with Gasteiger partial charge in [-0.2, -0.15) is 0 Å². The molecule has 1 amide bonds. The molecule has 0 radical (unpaired) electrons. The summed E-state index contributed by atoms with van der Waals surface area (Å²) >= 11 is 10.2. The first-order valence-electron chi connectivity index (χ1n) is 9.93. The van der Waals surface area contributed by atoms with Crippen LogP contribution in [0.5, 0.6) is 5.75 Å². The van der Waals surface area contributed by atoms with Crippen LogP contribution in [0.15, 0.2) is 51.8 Å². The Morgan fingerprint density at radius 2 is 2.09 bits per heavy atom. The van der Waals surface area contributed by atoms with Gasteiger partial charge in [-0.1, -0.05) is 30.0 Å². The molecule has 2 fully saturated rings. The van der Waals surface area contributed by atoms with Gasteiger partial charge in [-0.3, -0.25) is 19.8 Å². The number of benzene rings is 2. The molecule has 166 valence electrons. The monoisotopic (exact) mass is 534 g/mol. The lowest BCUT2D eigenvalue weighted by molar-refractivity contribution is -0.384. The number of hydrogen-bond acceptors (Lipinski definition) is 7. The summed E-state index contributed by atoms with van der Waals surface area (Å²) in [5.41, 5.74) is 1.71. The van der Waals surface area contributed by atoms with Gasteiger partial charge in [0.1, 0.15) is 16.7 Å². The minimum atomic E-state index is -0.434. The Morgan fingerprint density at radius 1 is 1.31 bits per heavy atom. The summed E-state index contributed by atoms with van der Waals surface area (Å²) in [5.74, 6) is 0.538.